The molecule has 0 bridgehead atoms. The number of nitrogens with zero attached hydrogens (tertiary/aromatic N) is 2. The van der Waals surface area contributed by atoms with Gasteiger partial charge in [0.1, 0.15) is 0 Å². The Labute approximate surface area is 170 Å². The number of likely N-dealkylation sites (tertiary alicyclic amines) is 2. The van der Waals surface area contributed by atoms with Gasteiger partial charge in [-0.3, -0.25) is 4.79 Å². The molecular formula is C23H37ClN2O. The monoisotopic (exact) mass is 392 g/mol. The van der Waals surface area contributed by atoms with Crippen molar-refractivity contribution < 1.29 is 4.79 Å². The normalized spacial score (nSPS) is 31.4. The molecule has 0 N–H and O–H groups in total. The lowest BCUT2D eigenvalue weighted by Gasteiger charge is -2.46. The Morgan fingerprint density at radius 2 is 2.07 bits per heavy atom. The van der Waals surface area contributed by atoms with Crippen LogP contribution in [-0.2, 0) is 4.79 Å². The fourth-order valence-corrected chi connectivity index (χ4v) is 5.13. The zero-order valence-electron chi connectivity index (χ0n) is 17.6. The predicted molar refractivity (Wildman–Crippen MR) is 114 cm³/mol. The first-order valence-electron chi connectivity index (χ1n) is 10.8. The third-order valence-electron chi connectivity index (χ3n) is 6.66. The van der Waals surface area contributed by atoms with Crippen LogP contribution in [0.15, 0.2) is 23.8 Å². The van der Waals surface area contributed by atoms with Crippen molar-refractivity contribution in [1.82, 2.24) is 9.80 Å². The molecule has 1 aliphatic carbocycles. The molecule has 3 rings (SSSR count). The third-order valence-corrected chi connectivity index (χ3v) is 6.99. The van der Waals surface area contributed by atoms with Crippen LogP contribution in [0.4, 0.5) is 0 Å². The molecule has 0 saturated carbocycles. The lowest BCUT2D eigenvalue weighted by atomic mass is 9.69. The Hall–Kier alpha value is -0.800. The fraction of sp³-hybridized carbons (Fsp3) is 0.783. The molecule has 0 aromatic rings. The molecule has 3 unspecified atom stereocenters. The van der Waals surface area contributed by atoms with Gasteiger partial charge in [-0.15, -0.1) is 11.6 Å². The summed E-state index contributed by atoms with van der Waals surface area (Å²) in [5.41, 5.74) is 1.53. The van der Waals surface area contributed by atoms with Crippen LogP contribution in [0, 0.1) is 23.2 Å². The molecule has 2 aliphatic heterocycles. The van der Waals surface area contributed by atoms with Crippen molar-refractivity contribution >= 4 is 17.5 Å². The highest BCUT2D eigenvalue weighted by Gasteiger charge is 2.41. The second-order valence-corrected chi connectivity index (χ2v) is 10.4. The molecule has 4 heteroatoms. The molecule has 0 spiro atoms. The number of halogens is 1. The van der Waals surface area contributed by atoms with Crippen molar-refractivity contribution in [2.24, 2.45) is 23.2 Å². The van der Waals surface area contributed by atoms with Crippen LogP contribution in [0.5, 0.6) is 0 Å². The molecular weight excluding hydrogens is 356 g/mol. The van der Waals surface area contributed by atoms with E-state index in [1.54, 1.807) is 0 Å². The summed E-state index contributed by atoms with van der Waals surface area (Å²) in [5, 5.41) is 0.138. The van der Waals surface area contributed by atoms with E-state index >= 15 is 0 Å². The summed E-state index contributed by atoms with van der Waals surface area (Å²) in [4.78, 5) is 17.8. The van der Waals surface area contributed by atoms with Gasteiger partial charge < -0.3 is 9.80 Å². The van der Waals surface area contributed by atoms with Gasteiger partial charge in [-0.25, -0.2) is 0 Å². The molecule has 0 aromatic carbocycles. The average molecular weight is 393 g/mol. The Morgan fingerprint density at radius 3 is 2.70 bits per heavy atom. The highest BCUT2D eigenvalue weighted by atomic mass is 35.5. The van der Waals surface area contributed by atoms with E-state index in [1.807, 2.05) is 0 Å². The molecule has 0 radical (unpaired) electrons. The predicted octanol–water partition coefficient (Wildman–Crippen LogP) is 4.72. The van der Waals surface area contributed by atoms with Crippen molar-refractivity contribution in [2.75, 3.05) is 32.7 Å². The fourth-order valence-electron chi connectivity index (χ4n) is 4.97. The molecule has 2 fully saturated rings. The topological polar surface area (TPSA) is 23.6 Å². The first-order chi connectivity index (χ1) is 12.8. The van der Waals surface area contributed by atoms with Crippen LogP contribution in [0.2, 0.25) is 0 Å². The zero-order valence-corrected chi connectivity index (χ0v) is 18.3. The first kappa shape index (κ1) is 20.9. The number of carbonyl (C=O) groups is 1. The van der Waals surface area contributed by atoms with E-state index in [0.29, 0.717) is 11.8 Å². The molecule has 152 valence electrons. The minimum atomic E-state index is 0.110. The number of alkyl halides is 1. The van der Waals surface area contributed by atoms with Gasteiger partial charge >= 0.3 is 0 Å². The maximum Gasteiger partial charge on any atom is 0.227 e. The Morgan fingerprint density at radius 1 is 1.30 bits per heavy atom. The number of hydrogen-bond donors (Lipinski definition) is 0. The minimum Gasteiger partial charge on any atom is -0.342 e. The third kappa shape index (κ3) is 5.17. The number of amides is 1. The second-order valence-electron chi connectivity index (χ2n) is 9.87. The number of carbonyl (C=O) groups excluding carboxylic acids is 1. The van der Waals surface area contributed by atoms with Crippen LogP contribution in [0.1, 0.15) is 53.4 Å². The van der Waals surface area contributed by atoms with Gasteiger partial charge in [-0.1, -0.05) is 45.9 Å². The lowest BCUT2D eigenvalue weighted by molar-refractivity contribution is -0.139. The van der Waals surface area contributed by atoms with E-state index in [4.69, 9.17) is 11.6 Å². The van der Waals surface area contributed by atoms with Gasteiger partial charge in [0.15, 0.2) is 0 Å². The van der Waals surface area contributed by atoms with Crippen molar-refractivity contribution in [1.29, 1.82) is 0 Å². The Kier molecular flexibility index (Phi) is 6.74. The van der Waals surface area contributed by atoms with E-state index in [-0.39, 0.29) is 16.7 Å². The first-order valence-corrected chi connectivity index (χ1v) is 11.2. The maximum absolute atomic E-state index is 13.2. The van der Waals surface area contributed by atoms with E-state index in [9.17, 15) is 4.79 Å². The summed E-state index contributed by atoms with van der Waals surface area (Å²) in [6.45, 7) is 14.1. The smallest absolute Gasteiger partial charge is 0.227 e. The summed E-state index contributed by atoms with van der Waals surface area (Å²) in [7, 11) is 0. The van der Waals surface area contributed by atoms with Gasteiger partial charge in [-0.2, -0.15) is 0 Å². The molecule has 0 aromatic heterocycles. The molecule has 27 heavy (non-hydrogen) atoms. The van der Waals surface area contributed by atoms with Crippen LogP contribution < -0.4 is 0 Å². The second kappa shape index (κ2) is 8.69. The van der Waals surface area contributed by atoms with Crippen LogP contribution in [0.3, 0.4) is 0 Å². The Balaban J connectivity index is 1.55. The largest absolute Gasteiger partial charge is 0.342 e. The van der Waals surface area contributed by atoms with Crippen LogP contribution in [-0.4, -0.2) is 53.8 Å². The highest BCUT2D eigenvalue weighted by Crippen LogP contribution is 2.42. The van der Waals surface area contributed by atoms with Gasteiger partial charge in [0.05, 0.1) is 11.3 Å². The summed E-state index contributed by atoms with van der Waals surface area (Å²) < 4.78 is 0. The summed E-state index contributed by atoms with van der Waals surface area (Å²) >= 11 is 6.19. The van der Waals surface area contributed by atoms with Crippen molar-refractivity contribution in [3.8, 4) is 0 Å². The Bertz CT molecular complexity index is 595. The standard InChI is InChI=1S/C23H37ClN2O/c1-17(2)9-12-25-13-10-19(15-25)22(27)26-14-11-21(23(3,4)16-26)18-5-7-20(24)8-6-18/h5-7,17,19-21H,8-16H2,1-4H3. The zero-order chi connectivity index (χ0) is 19.6. The van der Waals surface area contributed by atoms with Crippen LogP contribution in [0.25, 0.3) is 0 Å². The molecule has 1 amide bonds. The minimum absolute atomic E-state index is 0.110. The van der Waals surface area contributed by atoms with E-state index in [2.05, 4.69) is 55.7 Å². The highest BCUT2D eigenvalue weighted by molar-refractivity contribution is 6.22. The molecule has 2 saturated heterocycles. The van der Waals surface area contributed by atoms with Crippen LogP contribution >= 0.6 is 11.6 Å². The van der Waals surface area contributed by atoms with Gasteiger partial charge in [0.25, 0.3) is 0 Å². The quantitative estimate of drug-likeness (QED) is 0.632. The summed E-state index contributed by atoms with van der Waals surface area (Å²) in [5.74, 6) is 1.85. The molecule has 3 nitrogen and oxygen atoms in total. The lowest BCUT2D eigenvalue weighted by Crippen LogP contribution is -2.50. The van der Waals surface area contributed by atoms with Crippen molar-refractivity contribution in [3.05, 3.63) is 23.8 Å². The average Bonchev–Trinajstić information content (AvgIpc) is 3.08. The van der Waals surface area contributed by atoms with E-state index in [1.165, 1.54) is 12.0 Å². The van der Waals surface area contributed by atoms with Gasteiger partial charge in [0.2, 0.25) is 5.91 Å². The maximum atomic E-state index is 13.2. The van der Waals surface area contributed by atoms with Crippen molar-refractivity contribution in [3.63, 3.8) is 0 Å². The van der Waals surface area contributed by atoms with E-state index in [0.717, 1.165) is 57.9 Å². The number of hydrogen-bond acceptors (Lipinski definition) is 2. The van der Waals surface area contributed by atoms with Crippen molar-refractivity contribution in [2.45, 2.75) is 58.8 Å². The number of allylic oxidation sites excluding steroid dienone is 4. The molecule has 3 atom stereocenters. The molecule has 3 aliphatic rings. The van der Waals surface area contributed by atoms with Gasteiger partial charge in [-0.05, 0) is 61.6 Å². The summed E-state index contributed by atoms with van der Waals surface area (Å²) in [6, 6.07) is 0. The SMILES string of the molecule is CC(C)CCN1CCC(C(=O)N2CCC(C3=CCC(Cl)C=C3)C(C)(C)C2)C1. The number of rotatable bonds is 5. The summed E-state index contributed by atoms with van der Waals surface area (Å²) in [6.07, 6.45) is 10.9. The van der Waals surface area contributed by atoms with E-state index < -0.39 is 0 Å². The number of piperidine rings is 1. The van der Waals surface area contributed by atoms with Gasteiger partial charge in [0, 0.05) is 19.6 Å². The molecule has 2 heterocycles.